The zero-order valence-corrected chi connectivity index (χ0v) is 11.0. The Hall–Kier alpha value is -2.37. The number of aryl methyl sites for hydroxylation is 1. The summed E-state index contributed by atoms with van der Waals surface area (Å²) in [5.74, 6) is -0.0459. The van der Waals surface area contributed by atoms with Crippen molar-refractivity contribution in [1.82, 2.24) is 14.8 Å². The van der Waals surface area contributed by atoms with E-state index in [-0.39, 0.29) is 11.6 Å². The molecule has 2 rings (SSSR count). The molecule has 0 aliphatic carbocycles. The zero-order valence-electron chi connectivity index (χ0n) is 11.0. The molecule has 1 N–H and O–H groups in total. The van der Waals surface area contributed by atoms with Crippen molar-refractivity contribution in [2.45, 2.75) is 26.8 Å². The van der Waals surface area contributed by atoms with Crippen LogP contribution in [0.4, 0.5) is 0 Å². The molecule has 6 heteroatoms. The third-order valence-electron chi connectivity index (χ3n) is 2.60. The first-order chi connectivity index (χ1) is 8.97. The van der Waals surface area contributed by atoms with Crippen molar-refractivity contribution in [2.24, 2.45) is 0 Å². The van der Waals surface area contributed by atoms with Crippen molar-refractivity contribution in [2.75, 3.05) is 0 Å². The number of hydrogen-bond donors (Lipinski definition) is 1. The summed E-state index contributed by atoms with van der Waals surface area (Å²) in [5.41, 5.74) is 0.805. The second kappa shape index (κ2) is 5.09. The third kappa shape index (κ3) is 2.90. The van der Waals surface area contributed by atoms with Crippen LogP contribution in [0, 0.1) is 6.92 Å². The van der Waals surface area contributed by atoms with E-state index < -0.39 is 5.97 Å². The van der Waals surface area contributed by atoms with Gasteiger partial charge < -0.3 is 9.84 Å². The Morgan fingerprint density at radius 3 is 2.68 bits per heavy atom. The number of nitrogens with zero attached hydrogens (tertiary/aromatic N) is 3. The predicted molar refractivity (Wildman–Crippen MR) is 68.6 cm³/mol. The lowest BCUT2D eigenvalue weighted by Crippen LogP contribution is -2.00. The second-order valence-electron chi connectivity index (χ2n) is 4.50. The van der Waals surface area contributed by atoms with Gasteiger partial charge in [0, 0.05) is 17.8 Å². The largest absolute Gasteiger partial charge is 0.478 e. The minimum atomic E-state index is -1.00. The fourth-order valence-corrected chi connectivity index (χ4v) is 1.55. The highest BCUT2D eigenvalue weighted by Gasteiger charge is 2.10. The summed E-state index contributed by atoms with van der Waals surface area (Å²) in [6.07, 6.45) is 4.65. The van der Waals surface area contributed by atoms with E-state index in [0.29, 0.717) is 17.2 Å². The van der Waals surface area contributed by atoms with Gasteiger partial charge in [-0.1, -0.05) is 0 Å². The molecule has 0 aliphatic rings. The molecule has 0 spiro atoms. The van der Waals surface area contributed by atoms with Crippen LogP contribution in [0.25, 0.3) is 0 Å². The van der Waals surface area contributed by atoms with Crippen LogP contribution in [0.15, 0.2) is 24.7 Å². The van der Waals surface area contributed by atoms with Gasteiger partial charge in [-0.05, 0) is 26.8 Å². The van der Waals surface area contributed by atoms with E-state index in [1.54, 1.807) is 24.0 Å². The number of pyridine rings is 1. The Bertz CT molecular complexity index is 605. The number of aromatic carboxylic acids is 1. The molecular formula is C13H15N3O3. The number of ether oxygens (including phenoxy) is 1. The minimum Gasteiger partial charge on any atom is -0.478 e. The van der Waals surface area contributed by atoms with Crippen molar-refractivity contribution in [3.63, 3.8) is 0 Å². The molecule has 6 nitrogen and oxygen atoms in total. The van der Waals surface area contributed by atoms with Crippen molar-refractivity contribution >= 4 is 5.97 Å². The SMILES string of the molecule is Cc1cc(C(=O)O)cnc1Oc1cnn(C(C)C)c1. The molecule has 0 fully saturated rings. The molecule has 2 aromatic heterocycles. The number of carboxylic acids is 1. The topological polar surface area (TPSA) is 77.2 Å². The molecule has 0 amide bonds. The number of carboxylic acid groups (broad SMARTS) is 1. The maximum Gasteiger partial charge on any atom is 0.337 e. The van der Waals surface area contributed by atoms with Gasteiger partial charge >= 0.3 is 5.97 Å². The summed E-state index contributed by atoms with van der Waals surface area (Å²) in [5, 5.41) is 13.0. The van der Waals surface area contributed by atoms with Gasteiger partial charge in [-0.3, -0.25) is 4.68 Å². The lowest BCUT2D eigenvalue weighted by Gasteiger charge is -2.06. The Morgan fingerprint density at radius 2 is 2.16 bits per heavy atom. The van der Waals surface area contributed by atoms with Crippen LogP contribution in [-0.2, 0) is 0 Å². The summed E-state index contributed by atoms with van der Waals surface area (Å²) in [6, 6.07) is 1.78. The van der Waals surface area contributed by atoms with Crippen LogP contribution in [0.3, 0.4) is 0 Å². The van der Waals surface area contributed by atoms with Gasteiger partial charge in [0.15, 0.2) is 5.75 Å². The maximum absolute atomic E-state index is 10.8. The van der Waals surface area contributed by atoms with Gasteiger partial charge in [0.1, 0.15) is 0 Å². The zero-order chi connectivity index (χ0) is 14.0. The Balaban J connectivity index is 2.20. The van der Waals surface area contributed by atoms with E-state index in [4.69, 9.17) is 9.84 Å². The molecule has 19 heavy (non-hydrogen) atoms. The van der Waals surface area contributed by atoms with E-state index in [0.717, 1.165) is 0 Å². The predicted octanol–water partition coefficient (Wildman–Crippen LogP) is 2.66. The standard InChI is InChI=1S/C13H15N3O3/c1-8(2)16-7-11(6-15-16)19-12-9(3)4-10(5-14-12)13(17)18/h4-8H,1-3H3,(H,17,18). The lowest BCUT2D eigenvalue weighted by atomic mass is 10.2. The summed E-state index contributed by atoms with van der Waals surface area (Å²) < 4.78 is 7.36. The second-order valence-corrected chi connectivity index (χ2v) is 4.50. The number of rotatable bonds is 4. The molecule has 0 radical (unpaired) electrons. The van der Waals surface area contributed by atoms with Gasteiger partial charge in [0.2, 0.25) is 5.88 Å². The van der Waals surface area contributed by atoms with Crippen LogP contribution in [0.1, 0.15) is 35.8 Å². The van der Waals surface area contributed by atoms with Crippen LogP contribution >= 0.6 is 0 Å². The van der Waals surface area contributed by atoms with E-state index in [1.165, 1.54) is 12.3 Å². The molecule has 0 unspecified atom stereocenters. The Morgan fingerprint density at radius 1 is 1.42 bits per heavy atom. The van der Waals surface area contributed by atoms with E-state index in [9.17, 15) is 4.79 Å². The molecule has 2 aromatic rings. The average Bonchev–Trinajstić information content (AvgIpc) is 2.80. The number of carbonyl (C=O) groups is 1. The molecule has 0 saturated carbocycles. The van der Waals surface area contributed by atoms with Gasteiger partial charge in [-0.2, -0.15) is 5.10 Å². The summed E-state index contributed by atoms with van der Waals surface area (Å²) in [4.78, 5) is 14.8. The smallest absolute Gasteiger partial charge is 0.337 e. The fraction of sp³-hybridized carbons (Fsp3) is 0.308. The van der Waals surface area contributed by atoms with Gasteiger partial charge in [0.25, 0.3) is 0 Å². The Kier molecular flexibility index (Phi) is 3.50. The van der Waals surface area contributed by atoms with Crippen LogP contribution in [0.5, 0.6) is 11.6 Å². The first kappa shape index (κ1) is 13.1. The maximum atomic E-state index is 10.8. The summed E-state index contributed by atoms with van der Waals surface area (Å²) in [6.45, 7) is 5.78. The lowest BCUT2D eigenvalue weighted by molar-refractivity contribution is 0.0696. The van der Waals surface area contributed by atoms with Gasteiger partial charge in [0.05, 0.1) is 18.0 Å². The fourth-order valence-electron chi connectivity index (χ4n) is 1.55. The highest BCUT2D eigenvalue weighted by atomic mass is 16.5. The monoisotopic (exact) mass is 261 g/mol. The molecule has 0 atom stereocenters. The van der Waals surface area contributed by atoms with E-state index in [2.05, 4.69) is 10.1 Å². The molecule has 0 saturated heterocycles. The Labute approximate surface area is 110 Å². The molecule has 0 aromatic carbocycles. The molecule has 0 aliphatic heterocycles. The van der Waals surface area contributed by atoms with E-state index >= 15 is 0 Å². The highest BCUT2D eigenvalue weighted by molar-refractivity contribution is 5.87. The van der Waals surface area contributed by atoms with E-state index in [1.807, 2.05) is 13.8 Å². The first-order valence-electron chi connectivity index (χ1n) is 5.89. The minimum absolute atomic E-state index is 0.141. The first-order valence-corrected chi connectivity index (χ1v) is 5.89. The molecule has 0 bridgehead atoms. The van der Waals surface area contributed by atoms with Crippen molar-refractivity contribution in [3.8, 4) is 11.6 Å². The summed E-state index contributed by atoms with van der Waals surface area (Å²) in [7, 11) is 0. The summed E-state index contributed by atoms with van der Waals surface area (Å²) >= 11 is 0. The third-order valence-corrected chi connectivity index (χ3v) is 2.60. The molecule has 2 heterocycles. The number of aromatic nitrogens is 3. The van der Waals surface area contributed by atoms with Crippen molar-refractivity contribution < 1.29 is 14.6 Å². The van der Waals surface area contributed by atoms with Crippen LogP contribution in [0.2, 0.25) is 0 Å². The van der Waals surface area contributed by atoms with Crippen LogP contribution < -0.4 is 4.74 Å². The quantitative estimate of drug-likeness (QED) is 0.915. The van der Waals surface area contributed by atoms with Gasteiger partial charge in [-0.25, -0.2) is 9.78 Å². The highest BCUT2D eigenvalue weighted by Crippen LogP contribution is 2.23. The average molecular weight is 261 g/mol. The van der Waals surface area contributed by atoms with Gasteiger partial charge in [-0.15, -0.1) is 0 Å². The van der Waals surface area contributed by atoms with Crippen LogP contribution in [-0.4, -0.2) is 25.8 Å². The molecule has 100 valence electrons. The van der Waals surface area contributed by atoms with Crippen molar-refractivity contribution in [3.05, 3.63) is 35.8 Å². The number of hydrogen-bond acceptors (Lipinski definition) is 4. The van der Waals surface area contributed by atoms with Crippen molar-refractivity contribution in [1.29, 1.82) is 0 Å². The molecular weight excluding hydrogens is 246 g/mol. The normalized spacial score (nSPS) is 10.7.